The molecule has 2 amide bonds. The molecule has 1 aromatic rings. The van der Waals surface area contributed by atoms with Gasteiger partial charge in [0.25, 0.3) is 16.8 Å². The van der Waals surface area contributed by atoms with Gasteiger partial charge in [-0.05, 0) is 23.9 Å². The number of hydrogen-bond acceptors (Lipinski definition) is 7. The van der Waals surface area contributed by atoms with Crippen LogP contribution < -0.4 is 4.90 Å². The SMILES string of the molecule is C=CCN1C(=O)S/C(=C\c2cc([N+](=O)[O-])ccc2N2CCOCC2)C1=O. The Kier molecular flexibility index (Phi) is 5.38. The summed E-state index contributed by atoms with van der Waals surface area (Å²) >= 11 is 0.824. The van der Waals surface area contributed by atoms with Gasteiger partial charge in [0.05, 0.1) is 23.0 Å². The number of amides is 2. The minimum absolute atomic E-state index is 0.0708. The van der Waals surface area contributed by atoms with Gasteiger partial charge in [0.15, 0.2) is 0 Å². The van der Waals surface area contributed by atoms with Crippen LogP contribution in [-0.4, -0.2) is 53.8 Å². The number of anilines is 1. The molecule has 1 aromatic carbocycles. The van der Waals surface area contributed by atoms with E-state index in [9.17, 15) is 19.7 Å². The minimum atomic E-state index is -0.482. The molecule has 26 heavy (non-hydrogen) atoms. The third-order valence-electron chi connectivity index (χ3n) is 4.05. The highest BCUT2D eigenvalue weighted by atomic mass is 32.2. The summed E-state index contributed by atoms with van der Waals surface area (Å²) in [7, 11) is 0. The van der Waals surface area contributed by atoms with E-state index < -0.39 is 10.8 Å². The van der Waals surface area contributed by atoms with Crippen molar-refractivity contribution >= 4 is 40.4 Å². The van der Waals surface area contributed by atoms with E-state index in [1.807, 2.05) is 4.90 Å². The number of nitro groups is 1. The average Bonchev–Trinajstić information content (AvgIpc) is 2.90. The maximum atomic E-state index is 12.4. The van der Waals surface area contributed by atoms with Gasteiger partial charge in [-0.15, -0.1) is 6.58 Å². The molecule has 0 saturated carbocycles. The minimum Gasteiger partial charge on any atom is -0.378 e. The predicted octanol–water partition coefficient (Wildman–Crippen LogP) is 2.65. The van der Waals surface area contributed by atoms with Gasteiger partial charge >= 0.3 is 0 Å². The lowest BCUT2D eigenvalue weighted by atomic mass is 10.1. The molecule has 0 atom stereocenters. The maximum absolute atomic E-state index is 12.4. The predicted molar refractivity (Wildman–Crippen MR) is 99.0 cm³/mol. The Morgan fingerprint density at radius 2 is 2.04 bits per heavy atom. The molecule has 8 nitrogen and oxygen atoms in total. The van der Waals surface area contributed by atoms with E-state index in [1.165, 1.54) is 18.2 Å². The molecule has 0 aromatic heterocycles. The second-order valence-corrected chi connectivity index (χ2v) is 6.67. The summed E-state index contributed by atoms with van der Waals surface area (Å²) < 4.78 is 5.34. The lowest BCUT2D eigenvalue weighted by Gasteiger charge is -2.30. The largest absolute Gasteiger partial charge is 0.378 e. The van der Waals surface area contributed by atoms with Crippen molar-refractivity contribution in [2.45, 2.75) is 0 Å². The number of benzene rings is 1. The highest BCUT2D eigenvalue weighted by molar-refractivity contribution is 8.18. The Morgan fingerprint density at radius 1 is 1.31 bits per heavy atom. The number of morpholine rings is 1. The Morgan fingerprint density at radius 3 is 2.69 bits per heavy atom. The smallest absolute Gasteiger partial charge is 0.293 e. The van der Waals surface area contributed by atoms with E-state index in [2.05, 4.69) is 6.58 Å². The zero-order chi connectivity index (χ0) is 18.7. The molecule has 0 spiro atoms. The molecule has 0 N–H and O–H groups in total. The zero-order valence-electron chi connectivity index (χ0n) is 13.9. The van der Waals surface area contributed by atoms with Gasteiger partial charge < -0.3 is 9.64 Å². The summed E-state index contributed by atoms with van der Waals surface area (Å²) in [5.41, 5.74) is 1.23. The van der Waals surface area contributed by atoms with Crippen LogP contribution in [0.1, 0.15) is 5.56 Å². The number of rotatable bonds is 5. The van der Waals surface area contributed by atoms with Crippen molar-refractivity contribution in [3.8, 4) is 0 Å². The zero-order valence-corrected chi connectivity index (χ0v) is 14.7. The molecular weight excluding hydrogens is 358 g/mol. The van der Waals surface area contributed by atoms with E-state index in [-0.39, 0.29) is 22.4 Å². The van der Waals surface area contributed by atoms with E-state index in [4.69, 9.17) is 4.74 Å². The van der Waals surface area contributed by atoms with Gasteiger partial charge in [0.2, 0.25) is 0 Å². The fourth-order valence-corrected chi connectivity index (χ4v) is 3.63. The van der Waals surface area contributed by atoms with Gasteiger partial charge in [-0.2, -0.15) is 0 Å². The summed E-state index contributed by atoms with van der Waals surface area (Å²) in [5, 5.41) is 10.8. The number of nitrogens with zero attached hydrogens (tertiary/aromatic N) is 3. The molecule has 0 bridgehead atoms. The summed E-state index contributed by atoms with van der Waals surface area (Å²) in [5.74, 6) is -0.417. The standard InChI is InChI=1S/C17H17N3O5S/c1-2-5-19-16(21)15(26-17(19)22)11-12-10-13(20(23)24)3-4-14(12)18-6-8-25-9-7-18/h2-4,10-11H,1,5-9H2/b15-11-. The van der Waals surface area contributed by atoms with Gasteiger partial charge in [-0.1, -0.05) is 6.08 Å². The van der Waals surface area contributed by atoms with E-state index in [0.717, 1.165) is 22.3 Å². The van der Waals surface area contributed by atoms with Crippen LogP contribution in [0.25, 0.3) is 6.08 Å². The van der Waals surface area contributed by atoms with E-state index in [1.54, 1.807) is 12.1 Å². The summed E-state index contributed by atoms with van der Waals surface area (Å²) in [4.78, 5) is 38.4. The van der Waals surface area contributed by atoms with Crippen LogP contribution in [0, 0.1) is 10.1 Å². The fraction of sp³-hybridized carbons (Fsp3) is 0.294. The lowest BCUT2D eigenvalue weighted by molar-refractivity contribution is -0.384. The molecule has 2 saturated heterocycles. The van der Waals surface area contributed by atoms with Crippen LogP contribution in [0.15, 0.2) is 35.8 Å². The molecule has 2 heterocycles. The first-order valence-electron chi connectivity index (χ1n) is 7.98. The van der Waals surface area contributed by atoms with Crippen molar-refractivity contribution in [1.82, 2.24) is 4.90 Å². The molecule has 0 aliphatic carbocycles. The first-order valence-corrected chi connectivity index (χ1v) is 8.80. The second kappa shape index (κ2) is 7.71. The molecule has 9 heteroatoms. The summed E-state index contributed by atoms with van der Waals surface area (Å²) in [6.07, 6.45) is 3.03. The molecule has 2 aliphatic heterocycles. The number of non-ortho nitro benzene ring substituents is 1. The van der Waals surface area contributed by atoms with Gasteiger partial charge in [0.1, 0.15) is 0 Å². The van der Waals surface area contributed by atoms with Crippen LogP contribution in [-0.2, 0) is 9.53 Å². The first kappa shape index (κ1) is 18.2. The Bertz CT molecular complexity index is 802. The highest BCUT2D eigenvalue weighted by Crippen LogP contribution is 2.35. The maximum Gasteiger partial charge on any atom is 0.293 e. The number of carbonyl (C=O) groups is 2. The van der Waals surface area contributed by atoms with Gasteiger partial charge in [0, 0.05) is 43.0 Å². The van der Waals surface area contributed by atoms with Crippen LogP contribution in [0.2, 0.25) is 0 Å². The molecule has 2 aliphatic rings. The van der Waals surface area contributed by atoms with Crippen LogP contribution in [0.5, 0.6) is 0 Å². The van der Waals surface area contributed by atoms with E-state index >= 15 is 0 Å². The first-order chi connectivity index (χ1) is 12.5. The number of imide groups is 1. The molecule has 3 rings (SSSR count). The van der Waals surface area contributed by atoms with Crippen molar-refractivity contribution in [2.75, 3.05) is 37.7 Å². The van der Waals surface area contributed by atoms with Crippen molar-refractivity contribution in [1.29, 1.82) is 0 Å². The van der Waals surface area contributed by atoms with Crippen LogP contribution in [0.3, 0.4) is 0 Å². The van der Waals surface area contributed by atoms with Crippen LogP contribution in [0.4, 0.5) is 16.2 Å². The third kappa shape index (κ3) is 3.63. The number of hydrogen-bond donors (Lipinski definition) is 0. The topological polar surface area (TPSA) is 93.0 Å². The molecule has 136 valence electrons. The van der Waals surface area contributed by atoms with Gasteiger partial charge in [-0.25, -0.2) is 0 Å². The normalized spacial score (nSPS) is 19.3. The number of ether oxygens (including phenoxy) is 1. The Labute approximate surface area is 154 Å². The molecule has 0 radical (unpaired) electrons. The van der Waals surface area contributed by atoms with Crippen molar-refractivity contribution < 1.29 is 19.2 Å². The van der Waals surface area contributed by atoms with Crippen molar-refractivity contribution in [2.24, 2.45) is 0 Å². The van der Waals surface area contributed by atoms with Gasteiger partial charge in [-0.3, -0.25) is 24.6 Å². The highest BCUT2D eigenvalue weighted by Gasteiger charge is 2.34. The molecule has 2 fully saturated rings. The van der Waals surface area contributed by atoms with Crippen molar-refractivity contribution in [3.05, 3.63) is 51.4 Å². The Hall–Kier alpha value is -2.65. The third-order valence-corrected chi connectivity index (χ3v) is 4.95. The quantitative estimate of drug-likeness (QED) is 0.338. The number of thioether (sulfide) groups is 1. The number of carbonyl (C=O) groups excluding carboxylic acids is 2. The lowest BCUT2D eigenvalue weighted by Crippen LogP contribution is -2.36. The average molecular weight is 375 g/mol. The monoisotopic (exact) mass is 375 g/mol. The second-order valence-electron chi connectivity index (χ2n) is 5.68. The Balaban J connectivity index is 2.00. The number of nitro benzene ring substituents is 1. The summed E-state index contributed by atoms with van der Waals surface area (Å²) in [6.45, 7) is 6.09. The molecular formula is C17H17N3O5S. The fourth-order valence-electron chi connectivity index (χ4n) is 2.79. The molecule has 0 unspecified atom stereocenters. The van der Waals surface area contributed by atoms with Crippen LogP contribution >= 0.6 is 11.8 Å². The van der Waals surface area contributed by atoms with E-state index in [0.29, 0.717) is 31.9 Å². The summed E-state index contributed by atoms with van der Waals surface area (Å²) in [6, 6.07) is 4.53. The van der Waals surface area contributed by atoms with Crippen molar-refractivity contribution in [3.63, 3.8) is 0 Å².